The molecule has 21 heavy (non-hydrogen) atoms. The van der Waals surface area contributed by atoms with E-state index in [2.05, 4.69) is 50.4 Å². The van der Waals surface area contributed by atoms with Gasteiger partial charge in [-0.25, -0.2) is 0 Å². The molecule has 0 saturated carbocycles. The van der Waals surface area contributed by atoms with Crippen molar-refractivity contribution in [1.82, 2.24) is 5.32 Å². The molecule has 0 spiro atoms. The van der Waals surface area contributed by atoms with E-state index in [0.717, 1.165) is 24.5 Å². The maximum atomic E-state index is 5.93. The van der Waals surface area contributed by atoms with Crippen molar-refractivity contribution in [1.29, 1.82) is 0 Å². The van der Waals surface area contributed by atoms with E-state index in [1.807, 2.05) is 24.3 Å². The van der Waals surface area contributed by atoms with Gasteiger partial charge in [-0.05, 0) is 41.8 Å². The van der Waals surface area contributed by atoms with Crippen LogP contribution in [0.25, 0.3) is 0 Å². The number of hydrogen-bond donors (Lipinski definition) is 1. The third-order valence-corrected chi connectivity index (χ3v) is 3.31. The Morgan fingerprint density at radius 2 is 1.71 bits per heavy atom. The van der Waals surface area contributed by atoms with Crippen molar-refractivity contribution >= 4 is 0 Å². The lowest BCUT2D eigenvalue weighted by molar-refractivity contribution is 0.480. The summed E-state index contributed by atoms with van der Waals surface area (Å²) in [7, 11) is 0. The summed E-state index contributed by atoms with van der Waals surface area (Å²) in [6, 6.07) is 17.1. The molecule has 0 heterocycles. The Balaban J connectivity index is 2.00. The van der Waals surface area contributed by atoms with Gasteiger partial charge in [0.2, 0.25) is 0 Å². The molecule has 2 heteroatoms. The van der Waals surface area contributed by atoms with E-state index in [1.165, 1.54) is 17.5 Å². The minimum absolute atomic E-state index is 0.487. The molecule has 0 aliphatic carbocycles. The third kappa shape index (κ3) is 5.24. The topological polar surface area (TPSA) is 21.3 Å². The fourth-order valence-corrected chi connectivity index (χ4v) is 2.19. The molecule has 0 bridgehead atoms. The standard InChI is InChI=1S/C19H25NO/c1-4-6-16-9-11-18(12-10-16)21-19-8-5-7-17(13-19)14-20-15(2)3/h5,7-13,15,20H,4,6,14H2,1-3H3. The molecule has 0 fully saturated rings. The molecule has 0 atom stereocenters. The van der Waals surface area contributed by atoms with E-state index in [0.29, 0.717) is 6.04 Å². The monoisotopic (exact) mass is 283 g/mol. The predicted molar refractivity (Wildman–Crippen MR) is 88.9 cm³/mol. The Morgan fingerprint density at radius 1 is 0.952 bits per heavy atom. The first kappa shape index (κ1) is 15.6. The smallest absolute Gasteiger partial charge is 0.127 e. The summed E-state index contributed by atoms with van der Waals surface area (Å²) < 4.78 is 5.93. The van der Waals surface area contributed by atoms with Crippen LogP contribution in [0.4, 0.5) is 0 Å². The van der Waals surface area contributed by atoms with Gasteiger partial charge in [-0.2, -0.15) is 0 Å². The average Bonchev–Trinajstić information content (AvgIpc) is 2.48. The van der Waals surface area contributed by atoms with Gasteiger partial charge in [-0.15, -0.1) is 0 Å². The quantitative estimate of drug-likeness (QED) is 0.778. The van der Waals surface area contributed by atoms with Crippen molar-refractivity contribution in [3.63, 3.8) is 0 Å². The molecule has 0 radical (unpaired) electrons. The van der Waals surface area contributed by atoms with Crippen LogP contribution in [0.5, 0.6) is 11.5 Å². The number of ether oxygens (including phenoxy) is 1. The van der Waals surface area contributed by atoms with Gasteiger partial charge in [-0.3, -0.25) is 0 Å². The Labute approximate surface area is 128 Å². The van der Waals surface area contributed by atoms with Crippen LogP contribution in [0, 0.1) is 0 Å². The van der Waals surface area contributed by atoms with E-state index in [4.69, 9.17) is 4.74 Å². The fourth-order valence-electron chi connectivity index (χ4n) is 2.19. The molecule has 1 N–H and O–H groups in total. The van der Waals surface area contributed by atoms with E-state index < -0.39 is 0 Å². The molecule has 0 saturated heterocycles. The molecule has 0 amide bonds. The van der Waals surface area contributed by atoms with Crippen LogP contribution >= 0.6 is 0 Å². The van der Waals surface area contributed by atoms with Crippen molar-refractivity contribution in [3.05, 3.63) is 59.7 Å². The minimum Gasteiger partial charge on any atom is -0.457 e. The summed E-state index contributed by atoms with van der Waals surface area (Å²) in [6.07, 6.45) is 2.29. The second kappa shape index (κ2) is 7.84. The van der Waals surface area contributed by atoms with Gasteiger partial charge in [-0.1, -0.05) is 51.5 Å². The molecular formula is C19H25NO. The third-order valence-electron chi connectivity index (χ3n) is 3.31. The van der Waals surface area contributed by atoms with E-state index in [1.54, 1.807) is 0 Å². The molecule has 0 aliphatic heterocycles. The lowest BCUT2D eigenvalue weighted by Crippen LogP contribution is -2.21. The van der Waals surface area contributed by atoms with Gasteiger partial charge in [0.05, 0.1) is 0 Å². The van der Waals surface area contributed by atoms with Crippen molar-refractivity contribution in [3.8, 4) is 11.5 Å². The summed E-state index contributed by atoms with van der Waals surface area (Å²) in [5.41, 5.74) is 2.60. The summed E-state index contributed by atoms with van der Waals surface area (Å²) in [6.45, 7) is 7.36. The zero-order chi connectivity index (χ0) is 15.1. The largest absolute Gasteiger partial charge is 0.457 e. The maximum Gasteiger partial charge on any atom is 0.127 e. The first-order valence-corrected chi connectivity index (χ1v) is 7.76. The Bertz CT molecular complexity index is 546. The van der Waals surface area contributed by atoms with Crippen LogP contribution < -0.4 is 10.1 Å². The first-order chi connectivity index (χ1) is 10.2. The average molecular weight is 283 g/mol. The van der Waals surface area contributed by atoms with Crippen molar-refractivity contribution in [2.24, 2.45) is 0 Å². The van der Waals surface area contributed by atoms with Gasteiger partial charge < -0.3 is 10.1 Å². The minimum atomic E-state index is 0.487. The number of aryl methyl sites for hydroxylation is 1. The van der Waals surface area contributed by atoms with Crippen LogP contribution in [0.2, 0.25) is 0 Å². The Kier molecular flexibility index (Phi) is 5.82. The molecule has 0 aromatic heterocycles. The normalized spacial score (nSPS) is 10.9. The molecule has 2 nitrogen and oxygen atoms in total. The number of nitrogens with one attached hydrogen (secondary N) is 1. The van der Waals surface area contributed by atoms with Crippen molar-refractivity contribution in [2.75, 3.05) is 0 Å². The van der Waals surface area contributed by atoms with Crippen LogP contribution in [0.1, 0.15) is 38.3 Å². The summed E-state index contributed by atoms with van der Waals surface area (Å²) in [5.74, 6) is 1.78. The fraction of sp³-hybridized carbons (Fsp3) is 0.368. The number of benzene rings is 2. The van der Waals surface area contributed by atoms with E-state index >= 15 is 0 Å². The highest BCUT2D eigenvalue weighted by Gasteiger charge is 2.01. The zero-order valence-electron chi connectivity index (χ0n) is 13.2. The van der Waals surface area contributed by atoms with Gasteiger partial charge >= 0.3 is 0 Å². The maximum absolute atomic E-state index is 5.93. The highest BCUT2D eigenvalue weighted by Crippen LogP contribution is 2.23. The molecule has 112 valence electrons. The molecule has 2 aromatic carbocycles. The van der Waals surface area contributed by atoms with E-state index in [-0.39, 0.29) is 0 Å². The van der Waals surface area contributed by atoms with Crippen molar-refractivity contribution in [2.45, 2.75) is 46.2 Å². The highest BCUT2D eigenvalue weighted by molar-refractivity contribution is 5.35. The molecule has 0 aliphatic rings. The molecular weight excluding hydrogens is 258 g/mol. The summed E-state index contributed by atoms with van der Waals surface area (Å²) >= 11 is 0. The zero-order valence-corrected chi connectivity index (χ0v) is 13.2. The molecule has 2 aromatic rings. The Hall–Kier alpha value is -1.80. The SMILES string of the molecule is CCCc1ccc(Oc2cccc(CNC(C)C)c2)cc1. The lowest BCUT2D eigenvalue weighted by Gasteiger charge is -2.10. The van der Waals surface area contributed by atoms with Crippen LogP contribution in [0.3, 0.4) is 0 Å². The van der Waals surface area contributed by atoms with Crippen LogP contribution in [-0.4, -0.2) is 6.04 Å². The van der Waals surface area contributed by atoms with Crippen LogP contribution in [-0.2, 0) is 13.0 Å². The number of rotatable bonds is 7. The second-order valence-corrected chi connectivity index (χ2v) is 5.68. The Morgan fingerprint density at radius 3 is 2.38 bits per heavy atom. The van der Waals surface area contributed by atoms with Gasteiger partial charge in [0.1, 0.15) is 11.5 Å². The predicted octanol–water partition coefficient (Wildman–Crippen LogP) is 4.93. The van der Waals surface area contributed by atoms with E-state index in [9.17, 15) is 0 Å². The van der Waals surface area contributed by atoms with Gasteiger partial charge in [0.25, 0.3) is 0 Å². The van der Waals surface area contributed by atoms with Crippen molar-refractivity contribution < 1.29 is 4.74 Å². The second-order valence-electron chi connectivity index (χ2n) is 5.68. The molecule has 2 rings (SSSR count). The summed E-state index contributed by atoms with van der Waals surface area (Å²) in [5, 5.41) is 3.42. The van der Waals surface area contributed by atoms with Gasteiger partial charge in [0, 0.05) is 12.6 Å². The highest BCUT2D eigenvalue weighted by atomic mass is 16.5. The first-order valence-electron chi connectivity index (χ1n) is 7.76. The summed E-state index contributed by atoms with van der Waals surface area (Å²) in [4.78, 5) is 0. The lowest BCUT2D eigenvalue weighted by atomic mass is 10.1. The molecule has 0 unspecified atom stereocenters. The van der Waals surface area contributed by atoms with Crippen LogP contribution in [0.15, 0.2) is 48.5 Å². The van der Waals surface area contributed by atoms with Gasteiger partial charge in [0.15, 0.2) is 0 Å². The number of hydrogen-bond acceptors (Lipinski definition) is 2.